The molecule has 2 bridgehead atoms. The third kappa shape index (κ3) is 16.8. The Morgan fingerprint density at radius 3 is 2.21 bits per heavy atom. The zero-order valence-electron chi connectivity index (χ0n) is 49.6. The number of hydrogen-bond donors (Lipinski definition) is 4. The minimum Gasteiger partial charge on any atom is -0.461 e. The molecule has 4 saturated heterocycles. The van der Waals surface area contributed by atoms with Crippen LogP contribution in [0, 0.1) is 24.0 Å². The molecule has 5 aromatic rings. The molecule has 5 unspecified atom stereocenters. The number of carbonyl (C=O) groups is 6. The number of aromatic nitrogens is 3. The van der Waals surface area contributed by atoms with E-state index in [0.29, 0.717) is 151 Å². The average Bonchev–Trinajstić information content (AvgIpc) is 1.80. The first-order valence-corrected chi connectivity index (χ1v) is 29.1. The Kier molecular flexibility index (Phi) is 25.5. The maximum absolute atomic E-state index is 17.2. The number of nitrogens with zero attached hydrogens (tertiary/aromatic N) is 6. The molecule has 5 amide bonds. The van der Waals surface area contributed by atoms with Crippen LogP contribution in [0.3, 0.4) is 0 Å². The third-order valence-electron chi connectivity index (χ3n) is 15.8. The van der Waals surface area contributed by atoms with Crippen molar-refractivity contribution in [2.24, 2.45) is 5.73 Å². The smallest absolute Gasteiger partial charge is 0.319 e. The fourth-order valence-corrected chi connectivity index (χ4v) is 11.8. The first kappa shape index (κ1) is 66.6. The Balaban J connectivity index is 0.00000147. The van der Waals surface area contributed by atoms with Gasteiger partial charge in [-0.15, -0.1) is 6.42 Å². The van der Waals surface area contributed by atoms with E-state index in [0.717, 1.165) is 37.7 Å². The first-order valence-electron chi connectivity index (χ1n) is 29.1. The molecule has 6 heterocycles. The number of fused-ring (bicyclic) bond motifs is 5. The van der Waals surface area contributed by atoms with Crippen molar-refractivity contribution in [3.63, 3.8) is 0 Å². The summed E-state index contributed by atoms with van der Waals surface area (Å²) in [7, 11) is 3.04. The van der Waals surface area contributed by atoms with Crippen LogP contribution >= 0.6 is 0 Å². The van der Waals surface area contributed by atoms with E-state index in [9.17, 15) is 19.2 Å². The average molecular weight is 1210 g/mol. The molecule has 4 aliphatic rings. The molecular formula is C63H78F2N10O12. The van der Waals surface area contributed by atoms with Crippen LogP contribution in [0.5, 0.6) is 6.01 Å². The number of pyridine rings is 1. The van der Waals surface area contributed by atoms with Crippen LogP contribution in [0.4, 0.5) is 14.6 Å². The predicted molar refractivity (Wildman–Crippen MR) is 322 cm³/mol. The lowest BCUT2D eigenvalue weighted by Crippen LogP contribution is -2.51. The number of halogens is 2. The van der Waals surface area contributed by atoms with Crippen molar-refractivity contribution in [2.45, 2.75) is 88.0 Å². The number of piperazine rings is 1. The van der Waals surface area contributed by atoms with E-state index in [1.165, 1.54) is 18.0 Å². The third-order valence-corrected chi connectivity index (χ3v) is 15.8. The lowest BCUT2D eigenvalue weighted by atomic mass is 9.94. The number of amides is 5. The molecule has 4 aliphatic heterocycles. The monoisotopic (exact) mass is 1200 g/mol. The van der Waals surface area contributed by atoms with Crippen molar-refractivity contribution in [1.82, 2.24) is 40.7 Å². The molecule has 5 atom stereocenters. The van der Waals surface area contributed by atoms with Gasteiger partial charge in [-0.3, -0.25) is 44.0 Å². The summed E-state index contributed by atoms with van der Waals surface area (Å²) in [6, 6.07) is 13.1. The summed E-state index contributed by atoms with van der Waals surface area (Å²) in [5, 5.41) is 9.57. The molecule has 466 valence electrons. The summed E-state index contributed by atoms with van der Waals surface area (Å²) in [6.45, 7) is 12.5. The number of nitrogens with one attached hydrogen (secondary N) is 3. The van der Waals surface area contributed by atoms with Gasteiger partial charge in [0, 0.05) is 74.6 Å². The van der Waals surface area contributed by atoms with Gasteiger partial charge in [-0.2, -0.15) is 9.97 Å². The molecule has 0 saturated carbocycles. The van der Waals surface area contributed by atoms with Crippen molar-refractivity contribution < 1.29 is 66.0 Å². The number of terminal acetylenes is 1. The maximum Gasteiger partial charge on any atom is 0.319 e. The topological polar surface area (TPSA) is 268 Å². The van der Waals surface area contributed by atoms with E-state index in [2.05, 4.69) is 49.0 Å². The Bertz CT molecular complexity index is 3230. The number of primary amides is 1. The zero-order valence-corrected chi connectivity index (χ0v) is 49.6. The minimum absolute atomic E-state index is 0.0103. The van der Waals surface area contributed by atoms with Gasteiger partial charge in [0.2, 0.25) is 25.1 Å². The SMILES string of the molecule is C#Cc1c(F)ccc2cccc(-c3ncc4c(N5CC6CCC(C5)N6)nc(OCC56CCC(COCCOCCOCCOCCOCCc7cccc(C(=O)N(C)C(CCC)C(=O)NC=O)c7C=O)N5CC(=C)C6)nc4c3F)c12.CNC=O.NC=O. The predicted octanol–water partition coefficient (Wildman–Crippen LogP) is 4.70. The van der Waals surface area contributed by atoms with E-state index in [1.54, 1.807) is 49.6 Å². The zero-order chi connectivity index (χ0) is 62.3. The van der Waals surface area contributed by atoms with Crippen LogP contribution in [0.1, 0.15) is 83.7 Å². The summed E-state index contributed by atoms with van der Waals surface area (Å²) in [4.78, 5) is 86.7. The fraction of sp³-hybridized carbons (Fsp3) is 0.476. The highest BCUT2D eigenvalue weighted by Gasteiger charge is 2.51. The number of rotatable bonds is 30. The maximum atomic E-state index is 17.2. The lowest BCUT2D eigenvalue weighted by Gasteiger charge is -2.35. The number of benzene rings is 3. The minimum atomic E-state index is -0.861. The molecule has 9 rings (SSSR count). The first-order chi connectivity index (χ1) is 42.3. The molecule has 0 radical (unpaired) electrons. The Hall–Kier alpha value is -7.89. The van der Waals surface area contributed by atoms with Crippen molar-refractivity contribution in [2.75, 3.05) is 111 Å². The second-order valence-electron chi connectivity index (χ2n) is 21.4. The number of aldehydes is 1. The van der Waals surface area contributed by atoms with Crippen LogP contribution in [0.2, 0.25) is 0 Å². The Morgan fingerprint density at radius 2 is 1.57 bits per heavy atom. The molecule has 0 aliphatic carbocycles. The van der Waals surface area contributed by atoms with Gasteiger partial charge in [-0.05, 0) is 68.0 Å². The Morgan fingerprint density at radius 1 is 0.920 bits per heavy atom. The van der Waals surface area contributed by atoms with E-state index >= 15 is 8.78 Å². The number of imide groups is 1. The van der Waals surface area contributed by atoms with Crippen molar-refractivity contribution in [1.29, 1.82) is 0 Å². The molecule has 0 spiro atoms. The number of carbonyl (C=O) groups excluding carboxylic acids is 6. The van der Waals surface area contributed by atoms with Crippen molar-refractivity contribution in [3.05, 3.63) is 101 Å². The van der Waals surface area contributed by atoms with Crippen LogP contribution < -0.4 is 31.3 Å². The second kappa shape index (κ2) is 33.3. The standard InChI is InChI=1S/C60H70F2N8O10.C2H5NO.CH3NO/c1-5-9-51(57(73)64-38-72)68(4)58(74)46-12-7-10-40(49(46)35-71)19-21-75-22-23-76-24-25-77-26-27-78-28-29-79-36-44-18-20-60(30-39(3)32-70(44)60)37-80-59-66-55-48(56(67-59)69-33-42-15-16-43(34-69)65-42)31-63-54(53(55)62)47-13-8-11-41-14-17-50(61)45(6-2)52(41)47;1-3-2-4;2-1-3/h2,7-8,10-14,17,31,35,38,42-44,51,65H,3,5,9,15-16,18-30,32-34,36-37H2,1,4H3,(H,64,72,73);2H,1H3,(H,3,4);1H,(H2,2,3). The largest absolute Gasteiger partial charge is 0.461 e. The number of likely N-dealkylation sites (N-methyl/N-ethyl adjacent to an activating group) is 1. The second-order valence-corrected chi connectivity index (χ2v) is 21.4. The summed E-state index contributed by atoms with van der Waals surface area (Å²) in [6.07, 6.45) is 15.1. The number of hydrogen-bond acceptors (Lipinski definition) is 18. The molecule has 87 heavy (non-hydrogen) atoms. The molecule has 22 nitrogen and oxygen atoms in total. The Labute approximate surface area is 505 Å². The fourth-order valence-electron chi connectivity index (χ4n) is 11.8. The van der Waals surface area contributed by atoms with Crippen molar-refractivity contribution >= 4 is 64.8 Å². The van der Waals surface area contributed by atoms with E-state index in [-0.39, 0.29) is 77.0 Å². The van der Waals surface area contributed by atoms with Crippen LogP contribution in [-0.2, 0) is 49.3 Å². The van der Waals surface area contributed by atoms with Gasteiger partial charge in [-0.25, -0.2) is 8.78 Å². The van der Waals surface area contributed by atoms with Crippen LogP contribution in [0.15, 0.2) is 66.9 Å². The van der Waals surface area contributed by atoms with Gasteiger partial charge < -0.3 is 54.6 Å². The van der Waals surface area contributed by atoms with Gasteiger partial charge in [-0.1, -0.05) is 67.8 Å². The highest BCUT2D eigenvalue weighted by atomic mass is 19.1. The van der Waals surface area contributed by atoms with Gasteiger partial charge >= 0.3 is 6.01 Å². The molecule has 5 N–H and O–H groups in total. The van der Waals surface area contributed by atoms with Gasteiger partial charge in [0.25, 0.3) is 5.91 Å². The van der Waals surface area contributed by atoms with E-state index < -0.39 is 29.5 Å². The molecule has 4 fully saturated rings. The highest BCUT2D eigenvalue weighted by molar-refractivity contribution is 6.05. The summed E-state index contributed by atoms with van der Waals surface area (Å²) >= 11 is 0. The lowest BCUT2D eigenvalue weighted by molar-refractivity contribution is -0.129. The summed E-state index contributed by atoms with van der Waals surface area (Å²) in [5.74, 6) is 0.714. The molecular weight excluding hydrogens is 1130 g/mol. The summed E-state index contributed by atoms with van der Waals surface area (Å²) in [5.41, 5.74) is 6.44. The number of anilines is 1. The van der Waals surface area contributed by atoms with Gasteiger partial charge in [0.1, 0.15) is 35.5 Å². The van der Waals surface area contributed by atoms with E-state index in [1.807, 2.05) is 13.0 Å². The normalized spacial score (nSPS) is 18.8. The van der Waals surface area contributed by atoms with E-state index in [4.69, 9.17) is 54.4 Å². The highest BCUT2D eigenvalue weighted by Crippen LogP contribution is 2.45. The van der Waals surface area contributed by atoms with Gasteiger partial charge in [0.15, 0.2) is 12.1 Å². The molecule has 2 aromatic heterocycles. The summed E-state index contributed by atoms with van der Waals surface area (Å²) < 4.78 is 67.7. The molecule has 24 heteroatoms. The quantitative estimate of drug-likeness (QED) is 0.0210. The van der Waals surface area contributed by atoms with Gasteiger partial charge in [0.05, 0.1) is 88.1 Å². The number of ether oxygens (including phenoxy) is 6. The van der Waals surface area contributed by atoms with Crippen LogP contribution in [-0.4, -0.2) is 198 Å². The number of nitrogens with two attached hydrogens (primary N) is 1. The van der Waals surface area contributed by atoms with Crippen molar-refractivity contribution in [3.8, 4) is 29.6 Å². The molecule has 3 aromatic carbocycles. The van der Waals surface area contributed by atoms with Crippen LogP contribution in [0.25, 0.3) is 32.9 Å².